The third-order valence-electron chi connectivity index (χ3n) is 3.37. The van der Waals surface area contributed by atoms with E-state index in [0.717, 1.165) is 11.3 Å². The summed E-state index contributed by atoms with van der Waals surface area (Å²) in [5.74, 6) is 1.08. The molecule has 120 valence electrons. The summed E-state index contributed by atoms with van der Waals surface area (Å²) in [5.41, 5.74) is 2.18. The molecule has 0 aliphatic rings. The van der Waals surface area contributed by atoms with Crippen molar-refractivity contribution < 1.29 is 9.26 Å². The van der Waals surface area contributed by atoms with Crippen LogP contribution < -0.4 is 10.4 Å². The Labute approximate surface area is 131 Å². The fourth-order valence-electron chi connectivity index (χ4n) is 2.30. The van der Waals surface area contributed by atoms with E-state index in [9.17, 15) is 4.79 Å². The first kappa shape index (κ1) is 14.9. The average Bonchev–Trinajstić information content (AvgIpc) is 3.08. The number of methoxy groups -OCH3 is 1. The monoisotopic (exact) mass is 316 g/mol. The maximum atomic E-state index is 11.8. The van der Waals surface area contributed by atoms with Gasteiger partial charge >= 0.3 is 5.69 Å². The second-order valence-electron chi connectivity index (χ2n) is 5.16. The summed E-state index contributed by atoms with van der Waals surface area (Å²) >= 11 is 0. The van der Waals surface area contributed by atoms with Gasteiger partial charge in [-0.25, -0.2) is 14.5 Å². The molecular weight excluding hydrogens is 300 g/mol. The van der Waals surface area contributed by atoms with Crippen molar-refractivity contribution in [1.82, 2.24) is 29.5 Å². The number of hydrogen-bond donors (Lipinski definition) is 0. The summed E-state index contributed by atoms with van der Waals surface area (Å²) in [6.45, 7) is 3.91. The van der Waals surface area contributed by atoms with Crippen molar-refractivity contribution in [2.75, 3.05) is 7.11 Å². The number of aryl methyl sites for hydroxylation is 3. The van der Waals surface area contributed by atoms with E-state index in [1.54, 1.807) is 14.2 Å². The molecular formula is C14H16N6O3. The lowest BCUT2D eigenvalue weighted by Crippen LogP contribution is -2.23. The van der Waals surface area contributed by atoms with Gasteiger partial charge in [-0.1, -0.05) is 5.16 Å². The quantitative estimate of drug-likeness (QED) is 0.698. The summed E-state index contributed by atoms with van der Waals surface area (Å²) < 4.78 is 13.1. The van der Waals surface area contributed by atoms with E-state index < -0.39 is 0 Å². The van der Waals surface area contributed by atoms with Crippen molar-refractivity contribution >= 4 is 0 Å². The van der Waals surface area contributed by atoms with Gasteiger partial charge in [-0.2, -0.15) is 10.1 Å². The number of ether oxygens (including phenoxy) is 1. The molecule has 0 aliphatic heterocycles. The summed E-state index contributed by atoms with van der Waals surface area (Å²) in [5, 5.41) is 7.92. The Bertz CT molecular complexity index is 908. The lowest BCUT2D eigenvalue weighted by atomic mass is 10.1. The van der Waals surface area contributed by atoms with Crippen molar-refractivity contribution in [2.45, 2.75) is 20.4 Å². The average molecular weight is 316 g/mol. The minimum atomic E-state index is -0.254. The van der Waals surface area contributed by atoms with Crippen molar-refractivity contribution in [3.05, 3.63) is 40.0 Å². The van der Waals surface area contributed by atoms with E-state index in [4.69, 9.17) is 9.26 Å². The highest BCUT2D eigenvalue weighted by molar-refractivity contribution is 5.65. The molecule has 0 saturated carbocycles. The predicted molar refractivity (Wildman–Crippen MR) is 80.1 cm³/mol. The van der Waals surface area contributed by atoms with E-state index in [1.165, 1.54) is 15.6 Å². The molecule has 3 aromatic rings. The zero-order chi connectivity index (χ0) is 16.6. The molecule has 0 aliphatic carbocycles. The third-order valence-corrected chi connectivity index (χ3v) is 3.37. The van der Waals surface area contributed by atoms with Gasteiger partial charge in [0.25, 0.3) is 0 Å². The molecule has 0 bridgehead atoms. The Morgan fingerprint density at radius 2 is 2.09 bits per heavy atom. The molecule has 23 heavy (non-hydrogen) atoms. The summed E-state index contributed by atoms with van der Waals surface area (Å²) in [6.07, 6.45) is 1.43. The van der Waals surface area contributed by atoms with Crippen LogP contribution in [0, 0.1) is 13.8 Å². The van der Waals surface area contributed by atoms with Crippen LogP contribution in [0.1, 0.15) is 17.1 Å². The van der Waals surface area contributed by atoms with Crippen molar-refractivity contribution in [3.63, 3.8) is 0 Å². The molecule has 0 amide bonds. The minimum absolute atomic E-state index is 0.104. The Morgan fingerprint density at radius 3 is 2.74 bits per heavy atom. The molecule has 3 rings (SSSR count). The number of rotatable bonds is 4. The minimum Gasteiger partial charge on any atom is -0.480 e. The lowest BCUT2D eigenvalue weighted by molar-refractivity contribution is 0.363. The van der Waals surface area contributed by atoms with Crippen LogP contribution in [0.3, 0.4) is 0 Å². The molecule has 0 fully saturated rings. The lowest BCUT2D eigenvalue weighted by Gasteiger charge is -2.08. The smallest absolute Gasteiger partial charge is 0.345 e. The third kappa shape index (κ3) is 2.72. The number of hydrogen-bond acceptors (Lipinski definition) is 7. The zero-order valence-electron chi connectivity index (χ0n) is 13.3. The zero-order valence-corrected chi connectivity index (χ0v) is 13.3. The van der Waals surface area contributed by atoms with Gasteiger partial charge in [0.2, 0.25) is 17.6 Å². The molecule has 0 saturated heterocycles. The number of aromatic nitrogens is 6. The fourth-order valence-corrected chi connectivity index (χ4v) is 2.30. The molecule has 0 atom stereocenters. The highest BCUT2D eigenvalue weighted by Crippen LogP contribution is 2.29. The molecule has 0 unspecified atom stereocenters. The fraction of sp³-hybridized carbons (Fsp3) is 0.357. The molecule has 0 spiro atoms. The largest absolute Gasteiger partial charge is 0.480 e. The standard InChI is InChI=1S/C14H16N6O3/c1-8-5-9(2)16-13(22-4)11(8)12-17-10(23-18-12)6-20-14(21)19(3)7-15-20/h5,7H,6H2,1-4H3. The van der Waals surface area contributed by atoms with Gasteiger partial charge in [0, 0.05) is 12.7 Å². The first-order valence-electron chi connectivity index (χ1n) is 6.93. The van der Waals surface area contributed by atoms with Crippen LogP contribution >= 0.6 is 0 Å². The number of pyridine rings is 1. The first-order valence-corrected chi connectivity index (χ1v) is 6.93. The molecule has 0 aromatic carbocycles. The van der Waals surface area contributed by atoms with E-state index in [0.29, 0.717) is 17.3 Å². The Hall–Kier alpha value is -2.97. The molecule has 9 nitrogen and oxygen atoms in total. The van der Waals surface area contributed by atoms with Crippen LogP contribution in [-0.2, 0) is 13.6 Å². The topological polar surface area (TPSA) is 101 Å². The predicted octanol–water partition coefficient (Wildman–Crippen LogP) is 0.701. The molecule has 0 radical (unpaired) electrons. The van der Waals surface area contributed by atoms with Gasteiger partial charge in [0.1, 0.15) is 12.9 Å². The maximum absolute atomic E-state index is 11.8. The van der Waals surface area contributed by atoms with Crippen molar-refractivity contribution in [1.29, 1.82) is 0 Å². The van der Waals surface area contributed by atoms with Crippen LogP contribution in [-0.4, -0.2) is 36.6 Å². The normalized spacial score (nSPS) is 11.0. The highest BCUT2D eigenvalue weighted by Gasteiger charge is 2.18. The van der Waals surface area contributed by atoms with Gasteiger partial charge in [-0.15, -0.1) is 0 Å². The van der Waals surface area contributed by atoms with Crippen LogP contribution in [0.5, 0.6) is 5.88 Å². The van der Waals surface area contributed by atoms with Crippen LogP contribution in [0.25, 0.3) is 11.4 Å². The summed E-state index contributed by atoms with van der Waals surface area (Å²) in [7, 11) is 3.16. The molecule has 0 N–H and O–H groups in total. The van der Waals surface area contributed by atoms with E-state index in [1.807, 2.05) is 19.9 Å². The molecule has 3 heterocycles. The van der Waals surface area contributed by atoms with Gasteiger partial charge in [0.15, 0.2) is 0 Å². The van der Waals surface area contributed by atoms with Gasteiger partial charge in [0.05, 0.1) is 12.7 Å². The van der Waals surface area contributed by atoms with Crippen molar-refractivity contribution in [3.8, 4) is 17.3 Å². The van der Waals surface area contributed by atoms with Gasteiger partial charge < -0.3 is 9.26 Å². The van der Waals surface area contributed by atoms with E-state index in [-0.39, 0.29) is 18.1 Å². The molecule has 9 heteroatoms. The van der Waals surface area contributed by atoms with Gasteiger partial charge in [-0.05, 0) is 25.5 Å². The SMILES string of the molecule is COc1nc(C)cc(C)c1-c1noc(Cn2ncn(C)c2=O)n1. The Kier molecular flexibility index (Phi) is 3.68. The highest BCUT2D eigenvalue weighted by atomic mass is 16.5. The summed E-state index contributed by atoms with van der Waals surface area (Å²) in [6, 6.07) is 1.91. The maximum Gasteiger partial charge on any atom is 0.345 e. The van der Waals surface area contributed by atoms with Crippen molar-refractivity contribution in [2.24, 2.45) is 7.05 Å². The Morgan fingerprint density at radius 1 is 1.30 bits per heavy atom. The second-order valence-corrected chi connectivity index (χ2v) is 5.16. The Balaban J connectivity index is 1.97. The second kappa shape index (κ2) is 5.67. The van der Waals surface area contributed by atoms with Crippen LogP contribution in [0.2, 0.25) is 0 Å². The van der Waals surface area contributed by atoms with Crippen LogP contribution in [0.4, 0.5) is 0 Å². The van der Waals surface area contributed by atoms with Crippen LogP contribution in [0.15, 0.2) is 21.7 Å². The molecule has 3 aromatic heterocycles. The van der Waals surface area contributed by atoms with Gasteiger partial charge in [-0.3, -0.25) is 4.57 Å². The number of nitrogens with zero attached hydrogens (tertiary/aromatic N) is 6. The van der Waals surface area contributed by atoms with E-state index in [2.05, 4.69) is 20.2 Å². The van der Waals surface area contributed by atoms with E-state index >= 15 is 0 Å². The first-order chi connectivity index (χ1) is 11.0. The summed E-state index contributed by atoms with van der Waals surface area (Å²) in [4.78, 5) is 20.4.